The second-order valence-corrected chi connectivity index (χ2v) is 13.1. The average molecular weight is 536 g/mol. The van der Waals surface area contributed by atoms with Crippen LogP contribution in [0.15, 0.2) is 0 Å². The SMILES string of the molecule is CCCCCCCCCCCCCCCCCCCCCCCCCCCCCCCCCCCN(C)C. The third-order valence-corrected chi connectivity index (χ3v) is 8.71. The molecule has 0 rings (SSSR count). The molecule has 0 N–H and O–H groups in total. The monoisotopic (exact) mass is 536 g/mol. The van der Waals surface area contributed by atoms with E-state index in [2.05, 4.69) is 25.9 Å². The van der Waals surface area contributed by atoms with Gasteiger partial charge in [-0.2, -0.15) is 0 Å². The summed E-state index contributed by atoms with van der Waals surface area (Å²) >= 11 is 0. The van der Waals surface area contributed by atoms with Crippen LogP contribution in [0.1, 0.15) is 219 Å². The van der Waals surface area contributed by atoms with E-state index in [1.54, 1.807) is 0 Å². The summed E-state index contributed by atoms with van der Waals surface area (Å²) in [6.45, 7) is 3.57. The molecule has 0 saturated heterocycles. The van der Waals surface area contributed by atoms with Crippen molar-refractivity contribution in [2.24, 2.45) is 0 Å². The largest absolute Gasteiger partial charge is 0.309 e. The molecule has 1 nitrogen and oxygen atoms in total. The van der Waals surface area contributed by atoms with Crippen molar-refractivity contribution in [3.8, 4) is 0 Å². The molecule has 0 amide bonds. The van der Waals surface area contributed by atoms with Crippen molar-refractivity contribution in [2.75, 3.05) is 20.6 Å². The maximum atomic E-state index is 2.31. The van der Waals surface area contributed by atoms with Crippen molar-refractivity contribution in [3.63, 3.8) is 0 Å². The van der Waals surface area contributed by atoms with Gasteiger partial charge in [-0.3, -0.25) is 0 Å². The Morgan fingerprint density at radius 2 is 0.395 bits per heavy atom. The Bertz CT molecular complexity index is 390. The molecule has 0 radical (unpaired) electrons. The molecule has 0 aromatic carbocycles. The van der Waals surface area contributed by atoms with Crippen LogP contribution in [-0.2, 0) is 0 Å². The first-order valence-electron chi connectivity index (χ1n) is 18.4. The topological polar surface area (TPSA) is 3.24 Å². The standard InChI is InChI=1S/C37H77N/c1-4-5-6-7-8-9-10-11-12-13-14-15-16-17-18-19-20-21-22-23-24-25-26-27-28-29-30-31-32-33-34-35-36-37-38(2)3/h4-37H2,1-3H3. The number of hydrogen-bond acceptors (Lipinski definition) is 1. The summed E-state index contributed by atoms with van der Waals surface area (Å²) in [4.78, 5) is 2.31. The van der Waals surface area contributed by atoms with Crippen LogP contribution in [0.2, 0.25) is 0 Å². The first-order chi connectivity index (χ1) is 18.8. The highest BCUT2D eigenvalue weighted by atomic mass is 15.0. The molecule has 0 aliphatic rings. The molecule has 1 heteroatoms. The van der Waals surface area contributed by atoms with Gasteiger partial charge in [0.15, 0.2) is 0 Å². The molecule has 0 aromatic heterocycles. The molecule has 0 fully saturated rings. The number of hydrogen-bond donors (Lipinski definition) is 0. The molecule has 0 unspecified atom stereocenters. The fraction of sp³-hybridized carbons (Fsp3) is 1.00. The molecular formula is C37H77N. The zero-order chi connectivity index (χ0) is 27.6. The quantitative estimate of drug-likeness (QED) is 0.0740. The van der Waals surface area contributed by atoms with Crippen molar-refractivity contribution in [1.29, 1.82) is 0 Å². The lowest BCUT2D eigenvalue weighted by molar-refractivity contribution is 0.389. The summed E-state index contributed by atoms with van der Waals surface area (Å²) in [5.74, 6) is 0. The van der Waals surface area contributed by atoms with Crippen LogP contribution < -0.4 is 0 Å². The fourth-order valence-corrected chi connectivity index (χ4v) is 5.98. The van der Waals surface area contributed by atoms with Crippen LogP contribution in [0.25, 0.3) is 0 Å². The van der Waals surface area contributed by atoms with Gasteiger partial charge in [0.1, 0.15) is 0 Å². The van der Waals surface area contributed by atoms with Gasteiger partial charge in [-0.25, -0.2) is 0 Å². The van der Waals surface area contributed by atoms with Gasteiger partial charge in [-0.15, -0.1) is 0 Å². The van der Waals surface area contributed by atoms with Crippen LogP contribution in [0.3, 0.4) is 0 Å². The van der Waals surface area contributed by atoms with Gasteiger partial charge in [-0.05, 0) is 27.1 Å². The Kier molecular flexibility index (Phi) is 35.0. The average Bonchev–Trinajstić information content (AvgIpc) is 2.91. The first kappa shape index (κ1) is 38.0. The van der Waals surface area contributed by atoms with Crippen molar-refractivity contribution < 1.29 is 0 Å². The predicted octanol–water partition coefficient (Wildman–Crippen LogP) is 13.4. The normalized spacial score (nSPS) is 11.7. The molecular weight excluding hydrogens is 458 g/mol. The van der Waals surface area contributed by atoms with E-state index >= 15 is 0 Å². The smallest absolute Gasteiger partial charge is 0.00248 e. The highest BCUT2D eigenvalue weighted by Crippen LogP contribution is 2.17. The molecule has 0 aliphatic heterocycles. The lowest BCUT2D eigenvalue weighted by Gasteiger charge is -2.08. The number of nitrogens with zero attached hydrogens (tertiary/aromatic N) is 1. The maximum Gasteiger partial charge on any atom is -0.00248 e. The van der Waals surface area contributed by atoms with Crippen molar-refractivity contribution >= 4 is 0 Å². The fourth-order valence-electron chi connectivity index (χ4n) is 5.98. The van der Waals surface area contributed by atoms with Crippen LogP contribution >= 0.6 is 0 Å². The van der Waals surface area contributed by atoms with Crippen LogP contribution in [0.5, 0.6) is 0 Å². The Morgan fingerprint density at radius 3 is 0.553 bits per heavy atom. The minimum absolute atomic E-state index is 1.26. The third kappa shape index (κ3) is 36.0. The summed E-state index contributed by atoms with van der Waals surface area (Å²) in [6, 6.07) is 0. The van der Waals surface area contributed by atoms with Gasteiger partial charge in [0.05, 0.1) is 0 Å². The van der Waals surface area contributed by atoms with Crippen molar-refractivity contribution in [3.05, 3.63) is 0 Å². The summed E-state index contributed by atoms with van der Waals surface area (Å²) < 4.78 is 0. The zero-order valence-corrected chi connectivity index (χ0v) is 27.5. The number of unbranched alkanes of at least 4 members (excludes halogenated alkanes) is 32. The van der Waals surface area contributed by atoms with E-state index in [9.17, 15) is 0 Å². The summed E-state index contributed by atoms with van der Waals surface area (Å²) in [5, 5.41) is 0. The highest BCUT2D eigenvalue weighted by Gasteiger charge is 1.97. The molecule has 230 valence electrons. The number of rotatable bonds is 34. The van der Waals surface area contributed by atoms with E-state index in [4.69, 9.17) is 0 Å². The Morgan fingerprint density at radius 1 is 0.237 bits per heavy atom. The minimum Gasteiger partial charge on any atom is -0.309 e. The van der Waals surface area contributed by atoms with Gasteiger partial charge in [0.25, 0.3) is 0 Å². The predicted molar refractivity (Wildman–Crippen MR) is 177 cm³/mol. The summed E-state index contributed by atoms with van der Waals surface area (Å²) in [7, 11) is 4.37. The van der Waals surface area contributed by atoms with Crippen LogP contribution in [-0.4, -0.2) is 25.5 Å². The second kappa shape index (κ2) is 35.0. The van der Waals surface area contributed by atoms with E-state index in [1.165, 1.54) is 218 Å². The van der Waals surface area contributed by atoms with Gasteiger partial charge in [0, 0.05) is 0 Å². The Labute approximate surface area is 244 Å². The molecule has 0 heterocycles. The van der Waals surface area contributed by atoms with E-state index in [0.717, 1.165) is 0 Å². The molecule has 0 atom stereocenters. The van der Waals surface area contributed by atoms with Gasteiger partial charge in [-0.1, -0.05) is 212 Å². The van der Waals surface area contributed by atoms with E-state index < -0.39 is 0 Å². The van der Waals surface area contributed by atoms with Gasteiger partial charge < -0.3 is 4.90 Å². The maximum absolute atomic E-state index is 2.31. The molecule has 0 aromatic rings. The van der Waals surface area contributed by atoms with E-state index in [-0.39, 0.29) is 0 Å². The molecule has 0 aliphatic carbocycles. The van der Waals surface area contributed by atoms with Crippen LogP contribution in [0.4, 0.5) is 0 Å². The highest BCUT2D eigenvalue weighted by molar-refractivity contribution is 4.53. The summed E-state index contributed by atoms with van der Waals surface area (Å²) in [6.07, 6.45) is 48.8. The first-order valence-corrected chi connectivity index (χ1v) is 18.4. The van der Waals surface area contributed by atoms with E-state index in [1.807, 2.05) is 0 Å². The lowest BCUT2D eigenvalue weighted by Crippen LogP contribution is -2.12. The lowest BCUT2D eigenvalue weighted by atomic mass is 10.0. The van der Waals surface area contributed by atoms with Gasteiger partial charge in [0.2, 0.25) is 0 Å². The van der Waals surface area contributed by atoms with Gasteiger partial charge >= 0.3 is 0 Å². The Balaban J connectivity index is 3.02. The minimum atomic E-state index is 1.26. The van der Waals surface area contributed by atoms with Crippen molar-refractivity contribution in [1.82, 2.24) is 4.90 Å². The molecule has 38 heavy (non-hydrogen) atoms. The van der Waals surface area contributed by atoms with Crippen LogP contribution in [0, 0.1) is 0 Å². The summed E-state index contributed by atoms with van der Waals surface area (Å²) in [5.41, 5.74) is 0. The second-order valence-electron chi connectivity index (χ2n) is 13.1. The molecule has 0 spiro atoms. The van der Waals surface area contributed by atoms with E-state index in [0.29, 0.717) is 0 Å². The third-order valence-electron chi connectivity index (χ3n) is 8.71. The molecule has 0 bridgehead atoms. The Hall–Kier alpha value is -0.0400. The molecule has 0 saturated carbocycles. The van der Waals surface area contributed by atoms with Crippen molar-refractivity contribution in [2.45, 2.75) is 219 Å². The zero-order valence-electron chi connectivity index (χ0n) is 27.5.